The van der Waals surface area contributed by atoms with Crippen LogP contribution in [0.5, 0.6) is 11.5 Å². The highest BCUT2D eigenvalue weighted by Gasteiger charge is 2.24. The first-order valence-electron chi connectivity index (χ1n) is 11.2. The molecule has 1 aliphatic carbocycles. The fourth-order valence-corrected chi connectivity index (χ4v) is 4.64. The van der Waals surface area contributed by atoms with E-state index < -0.39 is 0 Å². The molecule has 5 heteroatoms. The smallest absolute Gasteiger partial charge is 0.163 e. The summed E-state index contributed by atoms with van der Waals surface area (Å²) in [6, 6.07) is 4.64. The summed E-state index contributed by atoms with van der Waals surface area (Å²) >= 11 is 0. The van der Waals surface area contributed by atoms with Crippen LogP contribution < -0.4 is 14.4 Å². The number of benzene rings is 1. The molecule has 1 saturated heterocycles. The van der Waals surface area contributed by atoms with Crippen molar-refractivity contribution in [1.29, 1.82) is 0 Å². The molecule has 1 aromatic carbocycles. The summed E-state index contributed by atoms with van der Waals surface area (Å²) in [5, 5.41) is 1.22. The molecule has 0 radical (unpaired) electrons. The minimum atomic E-state index is 0.421. The van der Waals surface area contributed by atoms with Gasteiger partial charge in [0, 0.05) is 31.1 Å². The van der Waals surface area contributed by atoms with Crippen molar-refractivity contribution in [1.82, 2.24) is 9.88 Å². The molecule has 0 bridgehead atoms. The fraction of sp³-hybridized carbons (Fsp3) is 0.625. The molecule has 1 aromatic heterocycles. The van der Waals surface area contributed by atoms with Crippen molar-refractivity contribution in [2.24, 2.45) is 0 Å². The second kappa shape index (κ2) is 8.78. The molecule has 1 fully saturated rings. The van der Waals surface area contributed by atoms with Crippen LogP contribution in [0, 0.1) is 0 Å². The number of aromatic nitrogens is 1. The minimum absolute atomic E-state index is 0.421. The van der Waals surface area contributed by atoms with Crippen molar-refractivity contribution >= 4 is 16.7 Å². The van der Waals surface area contributed by atoms with Gasteiger partial charge in [-0.05, 0) is 82.7 Å². The zero-order valence-corrected chi connectivity index (χ0v) is 18.5. The Bertz CT molecular complexity index is 859. The van der Waals surface area contributed by atoms with E-state index in [1.54, 1.807) is 7.11 Å². The summed E-state index contributed by atoms with van der Waals surface area (Å²) in [5.74, 6) is 2.76. The molecule has 0 N–H and O–H groups in total. The van der Waals surface area contributed by atoms with E-state index in [9.17, 15) is 0 Å². The van der Waals surface area contributed by atoms with Crippen molar-refractivity contribution in [2.45, 2.75) is 58.4 Å². The molecule has 0 amide bonds. The van der Waals surface area contributed by atoms with Crippen LogP contribution >= 0.6 is 0 Å². The molecule has 0 saturated carbocycles. The third-order valence-electron chi connectivity index (χ3n) is 6.50. The molecule has 2 aromatic rings. The SMILES string of the molecule is COc1cc2c3c(c(N(C)C(C)C)nc2cc1OCCCN1CCCC1)CCC3. The monoisotopic (exact) mass is 397 g/mol. The van der Waals surface area contributed by atoms with Crippen LogP contribution in [-0.4, -0.2) is 56.3 Å². The highest BCUT2D eigenvalue weighted by molar-refractivity contribution is 5.89. The summed E-state index contributed by atoms with van der Waals surface area (Å²) < 4.78 is 11.8. The zero-order valence-electron chi connectivity index (χ0n) is 18.5. The van der Waals surface area contributed by atoms with Gasteiger partial charge >= 0.3 is 0 Å². The van der Waals surface area contributed by atoms with E-state index in [-0.39, 0.29) is 0 Å². The first-order valence-corrected chi connectivity index (χ1v) is 11.2. The number of fused-ring (bicyclic) bond motifs is 3. The van der Waals surface area contributed by atoms with Gasteiger partial charge < -0.3 is 19.3 Å². The maximum absolute atomic E-state index is 6.16. The van der Waals surface area contributed by atoms with E-state index in [4.69, 9.17) is 14.5 Å². The highest BCUT2D eigenvalue weighted by atomic mass is 16.5. The Hall–Kier alpha value is -2.01. The molecule has 0 unspecified atom stereocenters. The molecule has 2 aliphatic rings. The number of pyridine rings is 1. The molecule has 5 nitrogen and oxygen atoms in total. The molecule has 29 heavy (non-hydrogen) atoms. The molecular weight excluding hydrogens is 362 g/mol. The van der Waals surface area contributed by atoms with Crippen molar-refractivity contribution in [3.05, 3.63) is 23.3 Å². The Balaban J connectivity index is 1.60. The lowest BCUT2D eigenvalue weighted by Gasteiger charge is -2.26. The van der Waals surface area contributed by atoms with Crippen molar-refractivity contribution < 1.29 is 9.47 Å². The van der Waals surface area contributed by atoms with Gasteiger partial charge in [0.15, 0.2) is 11.5 Å². The van der Waals surface area contributed by atoms with E-state index in [1.807, 2.05) is 0 Å². The Morgan fingerprint density at radius 1 is 1.07 bits per heavy atom. The number of likely N-dealkylation sites (tertiary alicyclic amines) is 1. The molecule has 0 spiro atoms. The van der Waals surface area contributed by atoms with Gasteiger partial charge in [0.05, 0.1) is 19.2 Å². The highest BCUT2D eigenvalue weighted by Crippen LogP contribution is 2.40. The van der Waals surface area contributed by atoms with Gasteiger partial charge in [0.2, 0.25) is 0 Å². The maximum atomic E-state index is 6.16. The van der Waals surface area contributed by atoms with E-state index in [2.05, 4.69) is 42.8 Å². The van der Waals surface area contributed by atoms with E-state index in [0.29, 0.717) is 12.6 Å². The summed E-state index contributed by atoms with van der Waals surface area (Å²) in [4.78, 5) is 9.90. The predicted octanol–water partition coefficient (Wildman–Crippen LogP) is 4.44. The van der Waals surface area contributed by atoms with Crippen LogP contribution in [0.15, 0.2) is 12.1 Å². The van der Waals surface area contributed by atoms with Gasteiger partial charge in [-0.15, -0.1) is 0 Å². The molecule has 2 heterocycles. The van der Waals surface area contributed by atoms with E-state index in [1.165, 1.54) is 48.9 Å². The zero-order chi connectivity index (χ0) is 20.4. The fourth-order valence-electron chi connectivity index (χ4n) is 4.64. The Kier molecular flexibility index (Phi) is 6.14. The molecule has 4 rings (SSSR count). The van der Waals surface area contributed by atoms with Crippen LogP contribution in [-0.2, 0) is 12.8 Å². The number of hydrogen-bond acceptors (Lipinski definition) is 5. The van der Waals surface area contributed by atoms with Gasteiger partial charge in [-0.1, -0.05) is 0 Å². The van der Waals surface area contributed by atoms with E-state index in [0.717, 1.165) is 48.6 Å². The van der Waals surface area contributed by atoms with Gasteiger partial charge in [-0.2, -0.15) is 0 Å². The number of ether oxygens (including phenoxy) is 2. The maximum Gasteiger partial charge on any atom is 0.163 e. The van der Waals surface area contributed by atoms with Gasteiger partial charge in [0.1, 0.15) is 5.82 Å². The quantitative estimate of drug-likeness (QED) is 0.616. The summed E-state index contributed by atoms with van der Waals surface area (Å²) in [6.45, 7) is 8.74. The molecule has 1 aliphatic heterocycles. The lowest BCUT2D eigenvalue weighted by Crippen LogP contribution is -2.27. The summed E-state index contributed by atoms with van der Waals surface area (Å²) in [6.07, 6.45) is 7.14. The van der Waals surface area contributed by atoms with Gasteiger partial charge in [-0.25, -0.2) is 4.98 Å². The second-order valence-electron chi connectivity index (χ2n) is 8.72. The Morgan fingerprint density at radius 2 is 1.83 bits per heavy atom. The standard InChI is InChI=1S/C24H35N3O2/c1-17(2)26(3)24-19-10-7-9-18(19)20-15-22(28-4)23(16-21(20)25-24)29-14-8-13-27-11-5-6-12-27/h15-17H,5-14H2,1-4H3. The third-order valence-corrected chi connectivity index (χ3v) is 6.50. The Labute approximate surface area is 175 Å². The lowest BCUT2D eigenvalue weighted by molar-refractivity contribution is 0.254. The van der Waals surface area contributed by atoms with E-state index >= 15 is 0 Å². The van der Waals surface area contributed by atoms with Gasteiger partial charge in [0.25, 0.3) is 0 Å². The number of nitrogens with zero attached hydrogens (tertiary/aromatic N) is 3. The minimum Gasteiger partial charge on any atom is -0.493 e. The largest absolute Gasteiger partial charge is 0.493 e. The number of methoxy groups -OCH3 is 1. The number of rotatable bonds is 8. The van der Waals surface area contributed by atoms with Crippen molar-refractivity contribution in [3.8, 4) is 11.5 Å². The Morgan fingerprint density at radius 3 is 2.55 bits per heavy atom. The average molecular weight is 398 g/mol. The van der Waals surface area contributed by atoms with Crippen molar-refractivity contribution in [3.63, 3.8) is 0 Å². The third kappa shape index (κ3) is 4.16. The van der Waals surface area contributed by atoms with Crippen LogP contribution in [0.3, 0.4) is 0 Å². The first kappa shape index (κ1) is 20.3. The predicted molar refractivity (Wildman–Crippen MR) is 120 cm³/mol. The number of hydrogen-bond donors (Lipinski definition) is 0. The van der Waals surface area contributed by atoms with Crippen LogP contribution in [0.2, 0.25) is 0 Å². The average Bonchev–Trinajstić information content (AvgIpc) is 3.41. The van der Waals surface area contributed by atoms with Crippen LogP contribution in [0.1, 0.15) is 50.7 Å². The molecule has 0 atom stereocenters. The molecule has 158 valence electrons. The summed E-state index contributed by atoms with van der Waals surface area (Å²) in [5.41, 5.74) is 3.87. The number of anilines is 1. The van der Waals surface area contributed by atoms with Crippen LogP contribution in [0.4, 0.5) is 5.82 Å². The second-order valence-corrected chi connectivity index (χ2v) is 8.72. The van der Waals surface area contributed by atoms with Crippen molar-refractivity contribution in [2.75, 3.05) is 45.3 Å². The van der Waals surface area contributed by atoms with Crippen LogP contribution in [0.25, 0.3) is 10.9 Å². The topological polar surface area (TPSA) is 37.8 Å². The normalized spacial score (nSPS) is 16.6. The first-order chi connectivity index (χ1) is 14.1. The van der Waals surface area contributed by atoms with Gasteiger partial charge in [-0.3, -0.25) is 0 Å². The number of aryl methyl sites for hydroxylation is 1. The lowest BCUT2D eigenvalue weighted by atomic mass is 10.0. The molecular formula is C24H35N3O2. The summed E-state index contributed by atoms with van der Waals surface area (Å²) in [7, 11) is 3.88.